The van der Waals surface area contributed by atoms with Gasteiger partial charge in [-0.15, -0.1) is 22.9 Å². The quantitative estimate of drug-likeness (QED) is 0.721. The summed E-state index contributed by atoms with van der Waals surface area (Å²) in [7, 11) is 0. The van der Waals surface area contributed by atoms with E-state index in [-0.39, 0.29) is 5.41 Å². The van der Waals surface area contributed by atoms with Gasteiger partial charge in [0.1, 0.15) is 0 Å². The highest BCUT2D eigenvalue weighted by Crippen LogP contribution is 2.42. The summed E-state index contributed by atoms with van der Waals surface area (Å²) < 4.78 is 0. The molecule has 0 radical (unpaired) electrons. The molecule has 1 heterocycles. The SMILES string of the molecule is CC(C)(C)c1csc(CC2(CCl)CCCC2)n1. The van der Waals surface area contributed by atoms with E-state index < -0.39 is 0 Å². The van der Waals surface area contributed by atoms with Gasteiger partial charge in [-0.25, -0.2) is 4.98 Å². The molecule has 0 saturated heterocycles. The molecule has 1 aliphatic carbocycles. The molecule has 1 fully saturated rings. The lowest BCUT2D eigenvalue weighted by molar-refractivity contribution is 0.340. The molecule has 1 aromatic rings. The van der Waals surface area contributed by atoms with E-state index in [0.29, 0.717) is 5.41 Å². The smallest absolute Gasteiger partial charge is 0.0934 e. The highest BCUT2D eigenvalue weighted by molar-refractivity contribution is 7.09. The van der Waals surface area contributed by atoms with Gasteiger partial charge in [-0.1, -0.05) is 33.6 Å². The zero-order valence-corrected chi connectivity index (χ0v) is 12.6. The molecule has 0 aromatic carbocycles. The molecular weight excluding hydrogens is 250 g/mol. The van der Waals surface area contributed by atoms with Gasteiger partial charge in [-0.05, 0) is 18.3 Å². The van der Waals surface area contributed by atoms with Crippen molar-refractivity contribution in [2.75, 3.05) is 5.88 Å². The molecule has 0 aliphatic heterocycles. The van der Waals surface area contributed by atoms with Crippen LogP contribution >= 0.6 is 22.9 Å². The zero-order chi connectivity index (χ0) is 12.5. The number of thiazole rings is 1. The average Bonchev–Trinajstić information content (AvgIpc) is 2.87. The Hall–Kier alpha value is -0.0800. The Morgan fingerprint density at radius 1 is 1.35 bits per heavy atom. The second-order valence-corrected chi connectivity index (χ2v) is 7.60. The first-order valence-corrected chi connectivity index (χ1v) is 7.87. The van der Waals surface area contributed by atoms with Crippen LogP contribution in [0.2, 0.25) is 0 Å². The second kappa shape index (κ2) is 4.89. The molecule has 1 saturated carbocycles. The molecular formula is C14H22ClNS. The molecule has 2 rings (SSSR count). The Balaban J connectivity index is 2.11. The Morgan fingerprint density at radius 3 is 2.47 bits per heavy atom. The van der Waals surface area contributed by atoms with Crippen LogP contribution in [0.3, 0.4) is 0 Å². The first kappa shape index (κ1) is 13.4. The first-order valence-electron chi connectivity index (χ1n) is 6.46. The molecule has 0 N–H and O–H groups in total. The average molecular weight is 272 g/mol. The van der Waals surface area contributed by atoms with Gasteiger partial charge < -0.3 is 0 Å². The third kappa shape index (κ3) is 3.03. The van der Waals surface area contributed by atoms with Gasteiger partial charge in [0.2, 0.25) is 0 Å². The third-order valence-electron chi connectivity index (χ3n) is 3.79. The van der Waals surface area contributed by atoms with E-state index in [4.69, 9.17) is 16.6 Å². The van der Waals surface area contributed by atoms with Crippen molar-refractivity contribution in [3.8, 4) is 0 Å². The molecule has 1 aliphatic rings. The van der Waals surface area contributed by atoms with E-state index in [1.54, 1.807) is 0 Å². The van der Waals surface area contributed by atoms with Crippen molar-refractivity contribution < 1.29 is 0 Å². The molecule has 0 unspecified atom stereocenters. The van der Waals surface area contributed by atoms with E-state index in [2.05, 4.69) is 26.2 Å². The van der Waals surface area contributed by atoms with Crippen LogP contribution in [0.15, 0.2) is 5.38 Å². The molecule has 1 nitrogen and oxygen atoms in total. The molecule has 0 atom stereocenters. The van der Waals surface area contributed by atoms with Gasteiger partial charge >= 0.3 is 0 Å². The lowest BCUT2D eigenvalue weighted by atomic mass is 9.85. The minimum atomic E-state index is 0.165. The van der Waals surface area contributed by atoms with E-state index in [9.17, 15) is 0 Å². The van der Waals surface area contributed by atoms with Gasteiger partial charge in [0, 0.05) is 23.1 Å². The highest BCUT2D eigenvalue weighted by Gasteiger charge is 2.34. The summed E-state index contributed by atoms with van der Waals surface area (Å²) in [5, 5.41) is 3.49. The summed E-state index contributed by atoms with van der Waals surface area (Å²) >= 11 is 8.00. The van der Waals surface area contributed by atoms with E-state index in [1.165, 1.54) is 36.4 Å². The van der Waals surface area contributed by atoms with Crippen molar-refractivity contribution >= 4 is 22.9 Å². The number of rotatable bonds is 3. The van der Waals surface area contributed by atoms with Crippen LogP contribution in [-0.2, 0) is 11.8 Å². The van der Waals surface area contributed by atoms with Crippen LogP contribution in [0.1, 0.15) is 57.2 Å². The summed E-state index contributed by atoms with van der Waals surface area (Å²) in [6, 6.07) is 0. The molecule has 3 heteroatoms. The predicted molar refractivity (Wildman–Crippen MR) is 76.1 cm³/mol. The van der Waals surface area contributed by atoms with Crippen molar-refractivity contribution in [1.29, 1.82) is 0 Å². The monoisotopic (exact) mass is 271 g/mol. The van der Waals surface area contributed by atoms with Gasteiger partial charge in [0.15, 0.2) is 0 Å². The van der Waals surface area contributed by atoms with Crippen LogP contribution in [0, 0.1) is 5.41 Å². The molecule has 0 spiro atoms. The maximum Gasteiger partial charge on any atom is 0.0934 e. The van der Waals surface area contributed by atoms with E-state index in [1.807, 2.05) is 11.3 Å². The number of nitrogens with zero attached hydrogens (tertiary/aromatic N) is 1. The fourth-order valence-electron chi connectivity index (χ4n) is 2.54. The third-order valence-corrected chi connectivity index (χ3v) is 5.21. The number of aromatic nitrogens is 1. The lowest BCUT2D eigenvalue weighted by Gasteiger charge is -2.24. The second-order valence-electron chi connectivity index (χ2n) is 6.39. The van der Waals surface area contributed by atoms with Gasteiger partial charge in [-0.2, -0.15) is 0 Å². The number of hydrogen-bond acceptors (Lipinski definition) is 2. The molecule has 0 amide bonds. The van der Waals surface area contributed by atoms with Crippen molar-refractivity contribution in [3.63, 3.8) is 0 Å². The molecule has 96 valence electrons. The number of hydrogen-bond donors (Lipinski definition) is 0. The lowest BCUT2D eigenvalue weighted by Crippen LogP contribution is -2.22. The van der Waals surface area contributed by atoms with E-state index in [0.717, 1.165) is 12.3 Å². The number of alkyl halides is 1. The Kier molecular flexibility index (Phi) is 3.84. The summed E-state index contributed by atoms with van der Waals surface area (Å²) in [6.07, 6.45) is 6.31. The Morgan fingerprint density at radius 2 is 2.00 bits per heavy atom. The zero-order valence-electron chi connectivity index (χ0n) is 11.1. The largest absolute Gasteiger partial charge is 0.246 e. The molecule has 1 aromatic heterocycles. The van der Waals surface area contributed by atoms with Crippen molar-refractivity contribution in [3.05, 3.63) is 16.1 Å². The van der Waals surface area contributed by atoms with Gasteiger partial charge in [0.05, 0.1) is 10.7 Å². The molecule has 17 heavy (non-hydrogen) atoms. The van der Waals surface area contributed by atoms with Crippen molar-refractivity contribution in [2.45, 2.75) is 58.3 Å². The maximum absolute atomic E-state index is 6.19. The Labute approximate surface area is 114 Å². The van der Waals surface area contributed by atoms with Gasteiger partial charge in [-0.3, -0.25) is 0 Å². The predicted octanol–water partition coefficient (Wildman–Crippen LogP) is 4.78. The van der Waals surface area contributed by atoms with Gasteiger partial charge in [0.25, 0.3) is 0 Å². The fraction of sp³-hybridized carbons (Fsp3) is 0.786. The first-order chi connectivity index (χ1) is 7.95. The highest BCUT2D eigenvalue weighted by atomic mass is 35.5. The van der Waals surface area contributed by atoms with Crippen molar-refractivity contribution in [1.82, 2.24) is 4.98 Å². The topological polar surface area (TPSA) is 12.9 Å². The minimum Gasteiger partial charge on any atom is -0.246 e. The summed E-state index contributed by atoms with van der Waals surface area (Å²) in [6.45, 7) is 6.66. The number of halogens is 1. The van der Waals surface area contributed by atoms with Crippen LogP contribution < -0.4 is 0 Å². The van der Waals surface area contributed by atoms with Crippen LogP contribution in [0.5, 0.6) is 0 Å². The fourth-order valence-corrected chi connectivity index (χ4v) is 4.10. The van der Waals surface area contributed by atoms with Crippen LogP contribution in [0.4, 0.5) is 0 Å². The van der Waals surface area contributed by atoms with E-state index >= 15 is 0 Å². The minimum absolute atomic E-state index is 0.165. The summed E-state index contributed by atoms with van der Waals surface area (Å²) in [5.74, 6) is 0.789. The van der Waals surface area contributed by atoms with Crippen LogP contribution in [0.25, 0.3) is 0 Å². The Bertz CT molecular complexity index is 372. The molecule has 0 bridgehead atoms. The maximum atomic E-state index is 6.19. The van der Waals surface area contributed by atoms with Crippen molar-refractivity contribution in [2.24, 2.45) is 5.41 Å². The summed E-state index contributed by atoms with van der Waals surface area (Å²) in [5.41, 5.74) is 1.73. The van der Waals surface area contributed by atoms with Crippen LogP contribution in [-0.4, -0.2) is 10.9 Å². The summed E-state index contributed by atoms with van der Waals surface area (Å²) in [4.78, 5) is 4.80. The standard InChI is InChI=1S/C14H22ClNS/c1-13(2,3)11-9-17-12(16-11)8-14(10-15)6-4-5-7-14/h9H,4-8,10H2,1-3H3. The normalized spacial score (nSPS) is 19.8.